The average molecular weight is 469 g/mol. The third-order valence-corrected chi connectivity index (χ3v) is 4.07. The van der Waals surface area contributed by atoms with Crippen LogP contribution in [0.2, 0.25) is 0 Å². The highest BCUT2D eigenvalue weighted by Gasteiger charge is 2.04. The number of hydrogen-bond acceptors (Lipinski definition) is 6. The van der Waals surface area contributed by atoms with E-state index in [4.69, 9.17) is 19.7 Å². The Labute approximate surface area is 178 Å². The van der Waals surface area contributed by atoms with Crippen molar-refractivity contribution in [3.63, 3.8) is 0 Å². The van der Waals surface area contributed by atoms with Gasteiger partial charge in [0.1, 0.15) is 11.5 Å². The van der Waals surface area contributed by atoms with E-state index in [1.165, 1.54) is 0 Å². The minimum Gasteiger partial charge on any atom is -0.495 e. The van der Waals surface area contributed by atoms with Crippen molar-refractivity contribution in [1.82, 2.24) is 0 Å². The van der Waals surface area contributed by atoms with E-state index in [9.17, 15) is 9.59 Å². The van der Waals surface area contributed by atoms with Crippen molar-refractivity contribution in [2.24, 2.45) is 0 Å². The first-order valence-electron chi connectivity index (χ1n) is 8.75. The molecule has 0 aliphatic carbocycles. The smallest absolute Gasteiger partial charge is 0.305 e. The number of carboxylic acid groups (broad SMARTS) is 2. The fourth-order valence-electron chi connectivity index (χ4n) is 2.21. The largest absolute Gasteiger partial charge is 0.495 e. The number of nitrogens with one attached hydrogen (secondary N) is 2. The number of aliphatic carboxylic acids is 2. The zero-order valence-corrected chi connectivity index (χ0v) is 17.9. The molecule has 9 heteroatoms. The van der Waals surface area contributed by atoms with Gasteiger partial charge in [0, 0.05) is 17.6 Å². The Hall–Kier alpha value is -2.94. The van der Waals surface area contributed by atoms with E-state index in [1.807, 2.05) is 42.5 Å². The van der Waals surface area contributed by atoms with Crippen molar-refractivity contribution in [1.29, 1.82) is 0 Å². The summed E-state index contributed by atoms with van der Waals surface area (Å²) >= 11 is 3.33. The summed E-state index contributed by atoms with van der Waals surface area (Å²) < 4.78 is 11.2. The molecule has 8 nitrogen and oxygen atoms in total. The standard InChI is InChI=1S/C10H12BrNO3.C10H13NO3/c1-15-9-6-7(11)2-3-8(9)12-5-4-10(13)14;1-14-9-5-3-2-4-8(9)11-7-6-10(12)13/h2-3,6,12H,4-5H2,1H3,(H,13,14);2-5,11H,6-7H2,1H3,(H,12,13). The molecule has 2 aromatic rings. The third kappa shape index (κ3) is 9.70. The van der Waals surface area contributed by atoms with Gasteiger partial charge in [-0.1, -0.05) is 28.1 Å². The first-order valence-corrected chi connectivity index (χ1v) is 9.54. The molecule has 0 unspecified atom stereocenters. The van der Waals surface area contributed by atoms with Gasteiger partial charge in [0.05, 0.1) is 38.4 Å². The lowest BCUT2D eigenvalue weighted by Crippen LogP contribution is -2.08. The number of rotatable bonds is 10. The van der Waals surface area contributed by atoms with Crippen LogP contribution in [-0.4, -0.2) is 49.5 Å². The highest BCUT2D eigenvalue weighted by Crippen LogP contribution is 2.27. The Morgan fingerprint density at radius 2 is 1.38 bits per heavy atom. The van der Waals surface area contributed by atoms with Crippen LogP contribution in [0.4, 0.5) is 11.4 Å². The molecule has 0 amide bonds. The summed E-state index contributed by atoms with van der Waals surface area (Å²) in [6.45, 7) is 0.781. The zero-order valence-electron chi connectivity index (χ0n) is 16.3. The molecule has 4 N–H and O–H groups in total. The highest BCUT2D eigenvalue weighted by atomic mass is 79.9. The van der Waals surface area contributed by atoms with Crippen LogP contribution in [-0.2, 0) is 9.59 Å². The van der Waals surface area contributed by atoms with Crippen LogP contribution < -0.4 is 20.1 Å². The fourth-order valence-corrected chi connectivity index (χ4v) is 2.55. The van der Waals surface area contributed by atoms with Crippen molar-refractivity contribution in [3.8, 4) is 11.5 Å². The molecular weight excluding hydrogens is 444 g/mol. The normalized spacial score (nSPS) is 9.62. The third-order valence-electron chi connectivity index (χ3n) is 3.58. The zero-order chi connectivity index (χ0) is 21.6. The molecule has 158 valence electrons. The number of ether oxygens (including phenoxy) is 2. The maximum atomic E-state index is 10.3. The Balaban J connectivity index is 0.000000291. The Kier molecular flexibility index (Phi) is 11.0. The molecule has 0 aliphatic heterocycles. The maximum absolute atomic E-state index is 10.3. The number of carboxylic acids is 2. The molecular formula is C20H25BrN2O6. The lowest BCUT2D eigenvalue weighted by atomic mass is 10.3. The summed E-state index contributed by atoms with van der Waals surface area (Å²) in [5.74, 6) is -0.223. The number of halogens is 1. The summed E-state index contributed by atoms with van der Waals surface area (Å²) in [5, 5.41) is 22.9. The van der Waals surface area contributed by atoms with E-state index in [1.54, 1.807) is 14.2 Å². The van der Waals surface area contributed by atoms with Crippen LogP contribution in [0.3, 0.4) is 0 Å². The van der Waals surface area contributed by atoms with Crippen LogP contribution in [0.15, 0.2) is 46.9 Å². The summed E-state index contributed by atoms with van der Waals surface area (Å²) in [5.41, 5.74) is 1.61. The first kappa shape index (κ1) is 24.1. The van der Waals surface area contributed by atoms with Gasteiger partial charge in [-0.3, -0.25) is 9.59 Å². The number of hydrogen-bond donors (Lipinski definition) is 4. The van der Waals surface area contributed by atoms with E-state index in [-0.39, 0.29) is 12.8 Å². The maximum Gasteiger partial charge on any atom is 0.305 e. The van der Waals surface area contributed by atoms with E-state index < -0.39 is 11.9 Å². The summed E-state index contributed by atoms with van der Waals surface area (Å²) in [6.07, 6.45) is 0.178. The number of methoxy groups -OCH3 is 2. The van der Waals surface area contributed by atoms with Gasteiger partial charge in [0.2, 0.25) is 0 Å². The van der Waals surface area contributed by atoms with Crippen LogP contribution in [0.5, 0.6) is 11.5 Å². The van der Waals surface area contributed by atoms with E-state index in [2.05, 4.69) is 26.6 Å². The predicted octanol–water partition coefficient (Wildman–Crippen LogP) is 3.93. The van der Waals surface area contributed by atoms with E-state index in [0.29, 0.717) is 18.8 Å². The van der Waals surface area contributed by atoms with Crippen molar-refractivity contribution in [2.45, 2.75) is 12.8 Å². The minimum absolute atomic E-state index is 0.0826. The van der Waals surface area contributed by atoms with Gasteiger partial charge in [-0.15, -0.1) is 0 Å². The molecule has 0 aromatic heterocycles. The average Bonchev–Trinajstić information content (AvgIpc) is 2.69. The number of carbonyl (C=O) groups is 2. The second-order valence-electron chi connectivity index (χ2n) is 5.69. The van der Waals surface area contributed by atoms with Crippen LogP contribution in [0, 0.1) is 0 Å². The minimum atomic E-state index is -0.821. The number of anilines is 2. The monoisotopic (exact) mass is 468 g/mol. The molecule has 2 rings (SSSR count). The van der Waals surface area contributed by atoms with Crippen molar-refractivity contribution < 1.29 is 29.3 Å². The predicted molar refractivity (Wildman–Crippen MR) is 115 cm³/mol. The van der Waals surface area contributed by atoms with E-state index in [0.717, 1.165) is 21.6 Å². The van der Waals surface area contributed by atoms with Crippen LogP contribution in [0.25, 0.3) is 0 Å². The second-order valence-corrected chi connectivity index (χ2v) is 6.60. The van der Waals surface area contributed by atoms with Crippen LogP contribution in [0.1, 0.15) is 12.8 Å². The second kappa shape index (κ2) is 13.3. The molecule has 0 radical (unpaired) electrons. The van der Waals surface area contributed by atoms with Gasteiger partial charge in [0.25, 0.3) is 0 Å². The molecule has 29 heavy (non-hydrogen) atoms. The van der Waals surface area contributed by atoms with Gasteiger partial charge in [-0.25, -0.2) is 0 Å². The van der Waals surface area contributed by atoms with Crippen LogP contribution >= 0.6 is 15.9 Å². The topological polar surface area (TPSA) is 117 Å². The van der Waals surface area contributed by atoms with Gasteiger partial charge >= 0.3 is 11.9 Å². The summed E-state index contributed by atoms with van der Waals surface area (Å²) in [6, 6.07) is 12.9. The molecule has 0 saturated heterocycles. The number of para-hydroxylation sites is 2. The molecule has 0 saturated carbocycles. The molecule has 0 atom stereocenters. The van der Waals surface area contributed by atoms with Gasteiger partial charge in [-0.05, 0) is 30.3 Å². The summed E-state index contributed by atoms with van der Waals surface area (Å²) in [4.78, 5) is 20.6. The van der Waals surface area contributed by atoms with Gasteiger partial charge < -0.3 is 30.3 Å². The summed E-state index contributed by atoms with van der Waals surface area (Å²) in [7, 11) is 3.15. The van der Waals surface area contributed by atoms with Crippen molar-refractivity contribution in [2.75, 3.05) is 37.9 Å². The van der Waals surface area contributed by atoms with Crippen molar-refractivity contribution in [3.05, 3.63) is 46.9 Å². The molecule has 0 heterocycles. The lowest BCUT2D eigenvalue weighted by molar-refractivity contribution is -0.137. The molecule has 0 fully saturated rings. The molecule has 0 spiro atoms. The fraction of sp³-hybridized carbons (Fsp3) is 0.300. The molecule has 0 aliphatic rings. The lowest BCUT2D eigenvalue weighted by Gasteiger charge is -2.10. The Bertz CT molecular complexity index is 800. The first-order chi connectivity index (χ1) is 13.9. The van der Waals surface area contributed by atoms with Gasteiger partial charge in [-0.2, -0.15) is 0 Å². The Morgan fingerprint density at radius 3 is 1.90 bits per heavy atom. The SMILES string of the molecule is COc1cc(Br)ccc1NCCC(=O)O.COc1ccccc1NCCC(=O)O. The van der Waals surface area contributed by atoms with Crippen molar-refractivity contribution >= 4 is 39.2 Å². The highest BCUT2D eigenvalue weighted by molar-refractivity contribution is 9.10. The molecule has 2 aromatic carbocycles. The number of benzene rings is 2. The molecule has 0 bridgehead atoms. The van der Waals surface area contributed by atoms with Gasteiger partial charge in [0.15, 0.2) is 0 Å². The quantitative estimate of drug-likeness (QED) is 0.414. The Morgan fingerprint density at radius 1 is 0.862 bits per heavy atom. The van der Waals surface area contributed by atoms with E-state index >= 15 is 0 Å².